The van der Waals surface area contributed by atoms with Gasteiger partial charge in [0.15, 0.2) is 0 Å². The molecule has 0 saturated heterocycles. The molecule has 1 atom stereocenters. The molecule has 0 saturated carbocycles. The molecule has 0 radical (unpaired) electrons. The third kappa shape index (κ3) is 3.47. The summed E-state index contributed by atoms with van der Waals surface area (Å²) in [4.78, 5) is 0. The van der Waals surface area contributed by atoms with Gasteiger partial charge >= 0.3 is 0 Å². The van der Waals surface area contributed by atoms with Crippen LogP contribution >= 0.6 is 27.3 Å². The molecule has 1 aromatic carbocycles. The molecule has 1 aromatic heterocycles. The molecule has 0 bridgehead atoms. The van der Waals surface area contributed by atoms with Crippen molar-refractivity contribution in [2.75, 3.05) is 7.05 Å². The van der Waals surface area contributed by atoms with Gasteiger partial charge in [-0.2, -0.15) is 0 Å². The summed E-state index contributed by atoms with van der Waals surface area (Å²) in [5.41, 5.74) is 4.19. The highest BCUT2D eigenvalue weighted by Crippen LogP contribution is 2.30. The van der Waals surface area contributed by atoms with E-state index in [9.17, 15) is 0 Å². The molecule has 0 amide bonds. The van der Waals surface area contributed by atoms with Crippen LogP contribution in [0.2, 0.25) is 0 Å². The van der Waals surface area contributed by atoms with Crippen molar-refractivity contribution in [3.8, 4) is 0 Å². The van der Waals surface area contributed by atoms with Crippen LogP contribution in [-0.4, -0.2) is 7.05 Å². The Hall–Kier alpha value is -0.640. The van der Waals surface area contributed by atoms with Crippen LogP contribution in [0, 0.1) is 0 Å². The maximum absolute atomic E-state index is 3.53. The fraction of sp³-hybridized carbons (Fsp3) is 0.375. The third-order valence-corrected chi connectivity index (χ3v) is 4.84. The standard InChI is InChI=1S/C16H20BrNS/c1-16(2,3)13-7-5-11(6-8-13)15(18-4)12-9-14(17)19-10-12/h5-10,15,18H,1-4H3. The summed E-state index contributed by atoms with van der Waals surface area (Å²) < 4.78 is 1.18. The van der Waals surface area contributed by atoms with E-state index in [0.717, 1.165) is 0 Å². The predicted molar refractivity (Wildman–Crippen MR) is 88.1 cm³/mol. The number of nitrogens with one attached hydrogen (secondary N) is 1. The summed E-state index contributed by atoms with van der Waals surface area (Å²) >= 11 is 5.26. The van der Waals surface area contributed by atoms with E-state index in [-0.39, 0.29) is 11.5 Å². The highest BCUT2D eigenvalue weighted by Gasteiger charge is 2.16. The Labute approximate surface area is 128 Å². The average Bonchev–Trinajstić information content (AvgIpc) is 2.76. The van der Waals surface area contributed by atoms with Crippen LogP contribution in [0.3, 0.4) is 0 Å². The lowest BCUT2D eigenvalue weighted by Gasteiger charge is -2.21. The molecule has 1 N–H and O–H groups in total. The van der Waals surface area contributed by atoms with Gasteiger partial charge in [0.25, 0.3) is 0 Å². The Kier molecular flexibility index (Phi) is 4.49. The monoisotopic (exact) mass is 337 g/mol. The number of thiophene rings is 1. The van der Waals surface area contributed by atoms with Crippen molar-refractivity contribution in [2.45, 2.75) is 32.2 Å². The van der Waals surface area contributed by atoms with Crippen molar-refractivity contribution >= 4 is 27.3 Å². The predicted octanol–water partition coefficient (Wildman–Crippen LogP) is 5.12. The van der Waals surface area contributed by atoms with Gasteiger partial charge < -0.3 is 5.32 Å². The van der Waals surface area contributed by atoms with Crippen LogP contribution in [0.25, 0.3) is 0 Å². The molecule has 0 aliphatic rings. The van der Waals surface area contributed by atoms with E-state index >= 15 is 0 Å². The van der Waals surface area contributed by atoms with Gasteiger partial charge in [0.2, 0.25) is 0 Å². The Balaban J connectivity index is 2.30. The summed E-state index contributed by atoms with van der Waals surface area (Å²) in [7, 11) is 2.01. The van der Waals surface area contributed by atoms with Crippen molar-refractivity contribution in [3.05, 3.63) is 56.2 Å². The minimum atomic E-state index is 0.207. The molecular weight excluding hydrogens is 318 g/mol. The first-order valence-corrected chi connectivity index (χ1v) is 8.10. The summed E-state index contributed by atoms with van der Waals surface area (Å²) in [6, 6.07) is 11.4. The second kappa shape index (κ2) is 5.78. The molecule has 1 unspecified atom stereocenters. The largest absolute Gasteiger partial charge is 0.309 e. The van der Waals surface area contributed by atoms with E-state index in [1.165, 1.54) is 20.5 Å². The van der Waals surface area contributed by atoms with E-state index < -0.39 is 0 Å². The highest BCUT2D eigenvalue weighted by molar-refractivity contribution is 9.11. The zero-order chi connectivity index (χ0) is 14.0. The SMILES string of the molecule is CNC(c1ccc(C(C)(C)C)cc1)c1csc(Br)c1. The summed E-state index contributed by atoms with van der Waals surface area (Å²) in [5.74, 6) is 0. The second-order valence-corrected chi connectivity index (χ2v) is 8.07. The maximum Gasteiger partial charge on any atom is 0.0701 e. The minimum absolute atomic E-state index is 0.207. The normalized spacial score (nSPS) is 13.5. The summed E-state index contributed by atoms with van der Waals surface area (Å²) in [6.07, 6.45) is 0. The first-order chi connectivity index (χ1) is 8.91. The molecule has 19 heavy (non-hydrogen) atoms. The van der Waals surface area contributed by atoms with Gasteiger partial charge in [-0.3, -0.25) is 0 Å². The summed E-state index contributed by atoms with van der Waals surface area (Å²) in [5, 5.41) is 5.59. The van der Waals surface area contributed by atoms with E-state index in [1.54, 1.807) is 11.3 Å². The van der Waals surface area contributed by atoms with Crippen LogP contribution in [0.1, 0.15) is 43.5 Å². The van der Waals surface area contributed by atoms with E-state index in [2.05, 4.69) is 77.7 Å². The molecule has 102 valence electrons. The van der Waals surface area contributed by atoms with Crippen LogP contribution in [0.4, 0.5) is 0 Å². The molecule has 1 nitrogen and oxygen atoms in total. The first kappa shape index (κ1) is 14.8. The topological polar surface area (TPSA) is 12.0 Å². The Bertz CT molecular complexity index is 537. The van der Waals surface area contributed by atoms with Crippen molar-refractivity contribution in [2.24, 2.45) is 0 Å². The van der Waals surface area contributed by atoms with E-state index in [0.29, 0.717) is 0 Å². The molecule has 0 spiro atoms. The molecule has 0 aliphatic heterocycles. The third-order valence-electron chi connectivity index (χ3n) is 3.32. The van der Waals surface area contributed by atoms with Crippen molar-refractivity contribution in [3.63, 3.8) is 0 Å². The smallest absolute Gasteiger partial charge is 0.0701 e. The van der Waals surface area contributed by atoms with E-state index in [1.807, 2.05) is 7.05 Å². The van der Waals surface area contributed by atoms with Gasteiger partial charge in [-0.25, -0.2) is 0 Å². The molecule has 1 heterocycles. The molecular formula is C16H20BrNS. The highest BCUT2D eigenvalue weighted by atomic mass is 79.9. The molecule has 0 fully saturated rings. The number of halogens is 1. The fourth-order valence-electron chi connectivity index (χ4n) is 2.18. The molecule has 3 heteroatoms. The first-order valence-electron chi connectivity index (χ1n) is 6.43. The Morgan fingerprint density at radius 1 is 1.11 bits per heavy atom. The second-order valence-electron chi connectivity index (χ2n) is 5.78. The molecule has 2 rings (SSSR count). The average molecular weight is 338 g/mol. The van der Waals surface area contributed by atoms with Crippen LogP contribution in [0.5, 0.6) is 0 Å². The van der Waals surface area contributed by atoms with Crippen molar-refractivity contribution in [1.82, 2.24) is 5.32 Å². The molecule has 0 aliphatic carbocycles. The zero-order valence-electron chi connectivity index (χ0n) is 11.8. The van der Waals surface area contributed by atoms with Crippen molar-refractivity contribution < 1.29 is 0 Å². The number of hydrogen-bond donors (Lipinski definition) is 1. The maximum atomic E-state index is 3.53. The lowest BCUT2D eigenvalue weighted by molar-refractivity contribution is 0.589. The molecule has 2 aromatic rings. The van der Waals surface area contributed by atoms with Gasteiger partial charge in [-0.05, 0) is 56.5 Å². The lowest BCUT2D eigenvalue weighted by Crippen LogP contribution is -2.17. The van der Waals surface area contributed by atoms with Crippen molar-refractivity contribution in [1.29, 1.82) is 0 Å². The number of benzene rings is 1. The number of hydrogen-bond acceptors (Lipinski definition) is 2. The Morgan fingerprint density at radius 2 is 1.74 bits per heavy atom. The van der Waals surface area contributed by atoms with Gasteiger partial charge in [0.1, 0.15) is 0 Å². The van der Waals surface area contributed by atoms with Crippen LogP contribution < -0.4 is 5.32 Å². The number of rotatable bonds is 3. The van der Waals surface area contributed by atoms with Crippen LogP contribution in [0.15, 0.2) is 39.5 Å². The Morgan fingerprint density at radius 3 is 2.16 bits per heavy atom. The summed E-state index contributed by atoms with van der Waals surface area (Å²) in [6.45, 7) is 6.73. The quantitative estimate of drug-likeness (QED) is 0.819. The van der Waals surface area contributed by atoms with E-state index in [4.69, 9.17) is 0 Å². The van der Waals surface area contributed by atoms with Crippen LogP contribution in [-0.2, 0) is 5.41 Å². The van der Waals surface area contributed by atoms with Gasteiger partial charge in [-0.1, -0.05) is 45.0 Å². The zero-order valence-corrected chi connectivity index (χ0v) is 14.2. The van der Waals surface area contributed by atoms with Gasteiger partial charge in [0.05, 0.1) is 9.83 Å². The van der Waals surface area contributed by atoms with Gasteiger partial charge in [0, 0.05) is 0 Å². The lowest BCUT2D eigenvalue weighted by atomic mass is 9.86. The fourth-order valence-corrected chi connectivity index (χ4v) is 3.38. The minimum Gasteiger partial charge on any atom is -0.309 e. The van der Waals surface area contributed by atoms with Gasteiger partial charge in [-0.15, -0.1) is 11.3 Å².